The summed E-state index contributed by atoms with van der Waals surface area (Å²) in [5.74, 6) is 1.14. The van der Waals surface area contributed by atoms with Crippen molar-refractivity contribution in [1.29, 1.82) is 0 Å². The second-order valence-corrected chi connectivity index (χ2v) is 11.6. The number of carbonyl (C=O) groups excluding carboxylic acids is 1. The summed E-state index contributed by atoms with van der Waals surface area (Å²) in [7, 11) is 0. The van der Waals surface area contributed by atoms with Crippen LogP contribution in [-0.2, 0) is 6.54 Å². The maximum atomic E-state index is 13.3. The van der Waals surface area contributed by atoms with Gasteiger partial charge < -0.3 is 14.3 Å². The number of carbonyl (C=O) groups is 1. The zero-order chi connectivity index (χ0) is 29.2. The number of benzene rings is 3. The van der Waals surface area contributed by atoms with Crippen LogP contribution < -0.4 is 5.69 Å². The molecule has 0 spiro atoms. The van der Waals surface area contributed by atoms with E-state index in [0.717, 1.165) is 55.8 Å². The summed E-state index contributed by atoms with van der Waals surface area (Å²) >= 11 is 0. The number of para-hydroxylation sites is 2. The van der Waals surface area contributed by atoms with E-state index in [1.54, 1.807) is 0 Å². The third kappa shape index (κ3) is 5.68. The van der Waals surface area contributed by atoms with Crippen molar-refractivity contribution in [1.82, 2.24) is 24.3 Å². The van der Waals surface area contributed by atoms with Gasteiger partial charge in [-0.05, 0) is 48.2 Å². The lowest BCUT2D eigenvalue weighted by molar-refractivity contribution is 0.0655. The number of likely N-dealkylation sites (tertiary alicyclic amines) is 1. The van der Waals surface area contributed by atoms with Crippen LogP contribution in [0.4, 0.5) is 0 Å². The summed E-state index contributed by atoms with van der Waals surface area (Å²) in [6.45, 7) is 5.65. The molecule has 220 valence electrons. The van der Waals surface area contributed by atoms with E-state index < -0.39 is 0 Å². The Balaban J connectivity index is 0.948. The Morgan fingerprint density at radius 1 is 0.767 bits per heavy atom. The van der Waals surface area contributed by atoms with Gasteiger partial charge >= 0.3 is 5.69 Å². The number of furan rings is 1. The molecule has 2 aromatic heterocycles. The van der Waals surface area contributed by atoms with Crippen molar-refractivity contribution in [3.63, 3.8) is 0 Å². The van der Waals surface area contributed by atoms with Gasteiger partial charge in [-0.3, -0.25) is 19.2 Å². The number of aromatic nitrogens is 2. The van der Waals surface area contributed by atoms with Gasteiger partial charge in [0.05, 0.1) is 23.6 Å². The zero-order valence-corrected chi connectivity index (χ0v) is 24.3. The highest BCUT2D eigenvalue weighted by molar-refractivity contribution is 5.91. The van der Waals surface area contributed by atoms with Crippen LogP contribution in [0, 0.1) is 0 Å². The van der Waals surface area contributed by atoms with Gasteiger partial charge in [-0.2, -0.15) is 0 Å². The largest absolute Gasteiger partial charge is 0.455 e. The summed E-state index contributed by atoms with van der Waals surface area (Å²) < 4.78 is 7.93. The van der Waals surface area contributed by atoms with Gasteiger partial charge in [0.2, 0.25) is 0 Å². The minimum atomic E-state index is -0.0851. The van der Waals surface area contributed by atoms with Gasteiger partial charge in [-0.1, -0.05) is 72.8 Å². The fraction of sp³-hybridized carbons (Fsp3) is 0.314. The molecule has 0 radical (unpaired) electrons. The van der Waals surface area contributed by atoms with Crippen molar-refractivity contribution in [3.8, 4) is 0 Å². The Kier molecular flexibility index (Phi) is 7.70. The standard InChI is InChI=1S/C35H37N5O3/c41-34(39-19-17-28(18-20-39)40-31-14-8-7-13-30(31)36-35(40)42)32-16-15-29(43-32)25-37-21-23-38(24-22-37)33(26-9-3-1-4-10-26)27-11-5-2-6-12-27/h1-16,28,33H,17-25H2,(H,36,42). The number of nitrogens with zero attached hydrogens (tertiary/aromatic N) is 4. The van der Waals surface area contributed by atoms with Crippen LogP contribution in [0.3, 0.4) is 0 Å². The number of H-pyrrole nitrogens is 1. The van der Waals surface area contributed by atoms with Crippen LogP contribution in [0.2, 0.25) is 0 Å². The number of nitrogens with one attached hydrogen (secondary N) is 1. The molecular formula is C35H37N5O3. The average molecular weight is 576 g/mol. The molecule has 0 unspecified atom stereocenters. The lowest BCUT2D eigenvalue weighted by Gasteiger charge is -2.39. The predicted octanol–water partition coefficient (Wildman–Crippen LogP) is 5.31. The van der Waals surface area contributed by atoms with Crippen molar-refractivity contribution < 1.29 is 9.21 Å². The van der Waals surface area contributed by atoms with Crippen molar-refractivity contribution in [3.05, 3.63) is 130 Å². The fourth-order valence-corrected chi connectivity index (χ4v) is 6.78. The predicted molar refractivity (Wildman–Crippen MR) is 167 cm³/mol. The number of hydrogen-bond donors (Lipinski definition) is 1. The van der Waals surface area contributed by atoms with Gasteiger partial charge in [-0.15, -0.1) is 0 Å². The van der Waals surface area contributed by atoms with Gasteiger partial charge in [-0.25, -0.2) is 4.79 Å². The molecule has 1 amide bonds. The molecule has 8 heteroatoms. The average Bonchev–Trinajstić information content (AvgIpc) is 3.66. The normalized spacial score (nSPS) is 17.2. The van der Waals surface area contributed by atoms with Crippen LogP contribution in [0.15, 0.2) is 106 Å². The number of piperidine rings is 1. The molecule has 0 bridgehead atoms. The molecule has 1 N–H and O–H groups in total. The van der Waals surface area contributed by atoms with E-state index in [9.17, 15) is 9.59 Å². The van der Waals surface area contributed by atoms with Crippen LogP contribution in [0.1, 0.15) is 52.4 Å². The summed E-state index contributed by atoms with van der Waals surface area (Å²) in [6.07, 6.45) is 1.47. The van der Waals surface area contributed by atoms with Crippen LogP contribution in [0.25, 0.3) is 11.0 Å². The highest BCUT2D eigenvalue weighted by Crippen LogP contribution is 2.30. The molecule has 7 rings (SSSR count). The van der Waals surface area contributed by atoms with E-state index in [-0.39, 0.29) is 23.7 Å². The number of imidazole rings is 1. The second kappa shape index (κ2) is 12.1. The van der Waals surface area contributed by atoms with Crippen LogP contribution >= 0.6 is 0 Å². The molecule has 2 aliphatic heterocycles. The fourth-order valence-electron chi connectivity index (χ4n) is 6.78. The highest BCUT2D eigenvalue weighted by Gasteiger charge is 2.29. The Morgan fingerprint density at radius 2 is 1.40 bits per heavy atom. The number of hydrogen-bond acceptors (Lipinski definition) is 5. The summed E-state index contributed by atoms with van der Waals surface area (Å²) in [6, 6.07) is 33.3. The van der Waals surface area contributed by atoms with E-state index in [1.165, 1.54) is 11.1 Å². The molecule has 0 saturated carbocycles. The van der Waals surface area contributed by atoms with Crippen molar-refractivity contribution in [2.45, 2.75) is 31.5 Å². The lowest BCUT2D eigenvalue weighted by Crippen LogP contribution is -2.47. The number of aromatic amines is 1. The highest BCUT2D eigenvalue weighted by atomic mass is 16.4. The van der Waals surface area contributed by atoms with Crippen molar-refractivity contribution in [2.24, 2.45) is 0 Å². The second-order valence-electron chi connectivity index (χ2n) is 11.6. The SMILES string of the molecule is O=C(c1ccc(CN2CCN(C(c3ccccc3)c3ccccc3)CC2)o1)N1CCC(n2c(=O)[nH]c3ccccc32)CC1. The van der Waals surface area contributed by atoms with E-state index in [1.807, 2.05) is 45.9 Å². The molecule has 8 nitrogen and oxygen atoms in total. The minimum Gasteiger partial charge on any atom is -0.455 e. The lowest BCUT2D eigenvalue weighted by atomic mass is 9.96. The van der Waals surface area contributed by atoms with Gasteiger partial charge in [0.1, 0.15) is 5.76 Å². The Bertz CT molecular complexity index is 1690. The number of fused-ring (bicyclic) bond motifs is 1. The molecule has 4 heterocycles. The Morgan fingerprint density at radius 3 is 2.07 bits per heavy atom. The van der Waals surface area contributed by atoms with Crippen molar-refractivity contribution >= 4 is 16.9 Å². The van der Waals surface area contributed by atoms with Gasteiger partial charge in [0.25, 0.3) is 5.91 Å². The zero-order valence-electron chi connectivity index (χ0n) is 24.3. The van der Waals surface area contributed by atoms with Crippen LogP contribution in [-0.4, -0.2) is 69.4 Å². The summed E-state index contributed by atoms with van der Waals surface area (Å²) in [4.78, 5) is 35.7. The van der Waals surface area contributed by atoms with E-state index in [4.69, 9.17) is 4.42 Å². The number of amides is 1. The third-order valence-electron chi connectivity index (χ3n) is 9.00. The first-order valence-corrected chi connectivity index (χ1v) is 15.3. The van der Waals surface area contributed by atoms with Gasteiger partial charge in [0, 0.05) is 45.3 Å². The maximum Gasteiger partial charge on any atom is 0.326 e. The first-order valence-electron chi connectivity index (χ1n) is 15.3. The first kappa shape index (κ1) is 27.4. The molecule has 0 aliphatic carbocycles. The molecule has 2 fully saturated rings. The third-order valence-corrected chi connectivity index (χ3v) is 9.00. The van der Waals surface area contributed by atoms with E-state index in [2.05, 4.69) is 75.4 Å². The van der Waals surface area contributed by atoms with E-state index >= 15 is 0 Å². The molecular weight excluding hydrogens is 538 g/mol. The first-order chi connectivity index (χ1) is 21.1. The number of piperazine rings is 1. The molecule has 0 atom stereocenters. The monoisotopic (exact) mass is 575 g/mol. The van der Waals surface area contributed by atoms with Crippen LogP contribution in [0.5, 0.6) is 0 Å². The molecule has 3 aromatic carbocycles. The Hall–Kier alpha value is -4.40. The smallest absolute Gasteiger partial charge is 0.326 e. The minimum absolute atomic E-state index is 0.0712. The Labute approximate surface area is 251 Å². The maximum absolute atomic E-state index is 13.3. The molecule has 5 aromatic rings. The summed E-state index contributed by atoms with van der Waals surface area (Å²) in [5, 5.41) is 0. The van der Waals surface area contributed by atoms with Crippen molar-refractivity contribution in [2.75, 3.05) is 39.3 Å². The molecule has 2 aliphatic rings. The van der Waals surface area contributed by atoms with E-state index in [0.29, 0.717) is 25.4 Å². The topological polar surface area (TPSA) is 77.7 Å². The quantitative estimate of drug-likeness (QED) is 0.285. The van der Waals surface area contributed by atoms with Gasteiger partial charge in [0.15, 0.2) is 5.76 Å². The summed E-state index contributed by atoms with van der Waals surface area (Å²) in [5.41, 5.74) is 4.31. The number of rotatable bonds is 7. The molecule has 2 saturated heterocycles. The molecule has 43 heavy (non-hydrogen) atoms.